The van der Waals surface area contributed by atoms with Gasteiger partial charge in [-0.1, -0.05) is 53.5 Å². The predicted molar refractivity (Wildman–Crippen MR) is 101 cm³/mol. The van der Waals surface area contributed by atoms with Crippen molar-refractivity contribution in [2.24, 2.45) is 0 Å². The lowest BCUT2D eigenvalue weighted by atomic mass is 10.1. The third-order valence-electron chi connectivity index (χ3n) is 3.98. The van der Waals surface area contributed by atoms with E-state index in [0.717, 1.165) is 11.1 Å². The molecule has 0 radical (unpaired) electrons. The van der Waals surface area contributed by atoms with Crippen molar-refractivity contribution >= 4 is 35.0 Å². The van der Waals surface area contributed by atoms with Crippen molar-refractivity contribution in [1.29, 1.82) is 0 Å². The highest BCUT2D eigenvalue weighted by Gasteiger charge is 2.26. The van der Waals surface area contributed by atoms with Crippen LogP contribution in [0.1, 0.15) is 18.1 Å². The summed E-state index contributed by atoms with van der Waals surface area (Å²) in [6, 6.07) is 13.8. The number of hydrogen-bond donors (Lipinski definition) is 1. The highest BCUT2D eigenvalue weighted by Crippen LogP contribution is 2.20. The van der Waals surface area contributed by atoms with Crippen molar-refractivity contribution in [3.05, 3.63) is 69.7 Å². The molecule has 2 rings (SSSR count). The van der Waals surface area contributed by atoms with E-state index >= 15 is 0 Å². The summed E-state index contributed by atoms with van der Waals surface area (Å²) in [5.74, 6) is -0.380. The van der Waals surface area contributed by atoms with Crippen LogP contribution in [0.5, 0.6) is 0 Å². The van der Waals surface area contributed by atoms with Gasteiger partial charge in [0.2, 0.25) is 11.8 Å². The second-order valence-corrected chi connectivity index (χ2v) is 6.55. The maximum atomic E-state index is 12.8. The highest BCUT2D eigenvalue weighted by molar-refractivity contribution is 6.31. The standard InChI is InChI=1S/C19H20Cl2N2O2/c1-13(19(25)22-2)23(12-15-5-3-4-6-17(15)21)18(24)11-14-7-9-16(20)10-8-14/h3-10,13H,11-12H2,1-2H3,(H,22,25)/t13-/m1/s1. The number of hydrogen-bond acceptors (Lipinski definition) is 2. The molecule has 25 heavy (non-hydrogen) atoms. The topological polar surface area (TPSA) is 49.4 Å². The van der Waals surface area contributed by atoms with E-state index in [9.17, 15) is 9.59 Å². The van der Waals surface area contributed by atoms with Gasteiger partial charge in [-0.2, -0.15) is 0 Å². The first-order valence-corrected chi connectivity index (χ1v) is 8.67. The van der Waals surface area contributed by atoms with Crippen LogP contribution in [0.2, 0.25) is 10.0 Å². The van der Waals surface area contributed by atoms with E-state index in [-0.39, 0.29) is 24.8 Å². The molecule has 2 amide bonds. The molecule has 0 aliphatic rings. The lowest BCUT2D eigenvalue weighted by molar-refractivity contribution is -0.139. The molecule has 0 saturated carbocycles. The quantitative estimate of drug-likeness (QED) is 0.832. The Morgan fingerprint density at radius 1 is 1.08 bits per heavy atom. The average molecular weight is 379 g/mol. The van der Waals surface area contributed by atoms with Gasteiger partial charge in [-0.15, -0.1) is 0 Å². The van der Waals surface area contributed by atoms with Crippen molar-refractivity contribution in [2.75, 3.05) is 7.05 Å². The summed E-state index contributed by atoms with van der Waals surface area (Å²) in [5, 5.41) is 3.77. The summed E-state index contributed by atoms with van der Waals surface area (Å²) in [6.07, 6.45) is 0.183. The van der Waals surface area contributed by atoms with Crippen LogP contribution in [0.3, 0.4) is 0 Å². The molecule has 4 nitrogen and oxygen atoms in total. The summed E-state index contributed by atoms with van der Waals surface area (Å²) < 4.78 is 0. The fourth-order valence-electron chi connectivity index (χ4n) is 2.48. The molecule has 0 fully saturated rings. The summed E-state index contributed by atoms with van der Waals surface area (Å²) in [5.41, 5.74) is 1.63. The Labute approximate surface area is 157 Å². The van der Waals surface area contributed by atoms with Crippen molar-refractivity contribution in [2.45, 2.75) is 25.9 Å². The first-order valence-electron chi connectivity index (χ1n) is 7.91. The maximum absolute atomic E-state index is 12.8. The summed E-state index contributed by atoms with van der Waals surface area (Å²) >= 11 is 12.1. The van der Waals surface area contributed by atoms with Crippen LogP contribution in [0, 0.1) is 0 Å². The molecule has 0 heterocycles. The van der Waals surface area contributed by atoms with E-state index in [1.54, 1.807) is 44.3 Å². The Morgan fingerprint density at radius 3 is 2.32 bits per heavy atom. The van der Waals surface area contributed by atoms with Gasteiger partial charge in [0.05, 0.1) is 6.42 Å². The number of carbonyl (C=O) groups excluding carboxylic acids is 2. The Morgan fingerprint density at radius 2 is 1.72 bits per heavy atom. The number of amides is 2. The smallest absolute Gasteiger partial charge is 0.242 e. The number of benzene rings is 2. The molecule has 6 heteroatoms. The van der Waals surface area contributed by atoms with E-state index in [2.05, 4.69) is 5.32 Å². The number of likely N-dealkylation sites (N-methyl/N-ethyl adjacent to an activating group) is 1. The third-order valence-corrected chi connectivity index (χ3v) is 4.60. The first-order chi connectivity index (χ1) is 11.9. The van der Waals surface area contributed by atoms with E-state index in [1.807, 2.05) is 18.2 Å². The molecule has 0 aromatic heterocycles. The largest absolute Gasteiger partial charge is 0.357 e. The van der Waals surface area contributed by atoms with E-state index in [0.29, 0.717) is 10.0 Å². The molecule has 132 valence electrons. The zero-order valence-corrected chi connectivity index (χ0v) is 15.6. The Kier molecular flexibility index (Phi) is 6.85. The zero-order valence-electron chi connectivity index (χ0n) is 14.1. The summed E-state index contributed by atoms with van der Waals surface area (Å²) in [6.45, 7) is 1.97. The zero-order chi connectivity index (χ0) is 18.4. The molecular formula is C19H20Cl2N2O2. The normalized spacial score (nSPS) is 11.7. The Hall–Kier alpha value is -2.04. The lowest BCUT2D eigenvalue weighted by Gasteiger charge is -2.28. The number of carbonyl (C=O) groups is 2. The number of nitrogens with one attached hydrogen (secondary N) is 1. The monoisotopic (exact) mass is 378 g/mol. The van der Waals surface area contributed by atoms with Crippen molar-refractivity contribution in [1.82, 2.24) is 10.2 Å². The van der Waals surface area contributed by atoms with Crippen molar-refractivity contribution in [3.63, 3.8) is 0 Å². The molecule has 0 unspecified atom stereocenters. The SMILES string of the molecule is CNC(=O)[C@@H](C)N(Cc1ccccc1Cl)C(=O)Cc1ccc(Cl)cc1. The molecule has 2 aromatic rings. The molecule has 0 aliphatic heterocycles. The van der Waals surface area contributed by atoms with Gasteiger partial charge in [0.1, 0.15) is 6.04 Å². The average Bonchev–Trinajstić information content (AvgIpc) is 2.61. The Balaban J connectivity index is 2.23. The summed E-state index contributed by atoms with van der Waals surface area (Å²) in [7, 11) is 1.55. The predicted octanol–water partition coefficient (Wildman–Crippen LogP) is 3.70. The van der Waals surface area contributed by atoms with Gasteiger partial charge in [-0.05, 0) is 36.2 Å². The fourth-order valence-corrected chi connectivity index (χ4v) is 2.80. The van der Waals surface area contributed by atoms with Crippen LogP contribution in [-0.4, -0.2) is 29.8 Å². The molecule has 1 N–H and O–H groups in total. The van der Waals surface area contributed by atoms with Crippen LogP contribution >= 0.6 is 23.2 Å². The van der Waals surface area contributed by atoms with Crippen LogP contribution < -0.4 is 5.32 Å². The molecular weight excluding hydrogens is 359 g/mol. The second kappa shape index (κ2) is 8.88. The second-order valence-electron chi connectivity index (χ2n) is 5.71. The minimum atomic E-state index is -0.610. The van der Waals surface area contributed by atoms with Gasteiger partial charge in [-0.3, -0.25) is 9.59 Å². The van der Waals surface area contributed by atoms with E-state index in [1.165, 1.54) is 4.90 Å². The lowest BCUT2D eigenvalue weighted by Crippen LogP contribution is -2.47. The molecule has 0 saturated heterocycles. The minimum absolute atomic E-state index is 0.154. The minimum Gasteiger partial charge on any atom is -0.357 e. The van der Waals surface area contributed by atoms with E-state index in [4.69, 9.17) is 23.2 Å². The number of nitrogens with zero attached hydrogens (tertiary/aromatic N) is 1. The van der Waals surface area contributed by atoms with Crippen molar-refractivity contribution in [3.8, 4) is 0 Å². The van der Waals surface area contributed by atoms with Gasteiger partial charge in [0.15, 0.2) is 0 Å². The molecule has 1 atom stereocenters. The van der Waals surface area contributed by atoms with Crippen molar-refractivity contribution < 1.29 is 9.59 Å². The molecule has 0 aliphatic carbocycles. The third kappa shape index (κ3) is 5.21. The molecule has 0 spiro atoms. The van der Waals surface area contributed by atoms with Gasteiger partial charge in [0, 0.05) is 23.6 Å². The number of rotatable bonds is 6. The van der Waals surface area contributed by atoms with Gasteiger partial charge >= 0.3 is 0 Å². The highest BCUT2D eigenvalue weighted by atomic mass is 35.5. The van der Waals surface area contributed by atoms with Gasteiger partial charge in [-0.25, -0.2) is 0 Å². The first kappa shape index (κ1) is 19.3. The van der Waals surface area contributed by atoms with Crippen LogP contribution in [0.15, 0.2) is 48.5 Å². The number of halogens is 2. The van der Waals surface area contributed by atoms with Gasteiger partial charge in [0.25, 0.3) is 0 Å². The molecule has 2 aromatic carbocycles. The Bertz CT molecular complexity index is 747. The molecule has 0 bridgehead atoms. The fraction of sp³-hybridized carbons (Fsp3) is 0.263. The maximum Gasteiger partial charge on any atom is 0.242 e. The van der Waals surface area contributed by atoms with Crippen LogP contribution in [-0.2, 0) is 22.6 Å². The van der Waals surface area contributed by atoms with Crippen LogP contribution in [0.25, 0.3) is 0 Å². The van der Waals surface area contributed by atoms with Gasteiger partial charge < -0.3 is 10.2 Å². The summed E-state index contributed by atoms with van der Waals surface area (Å²) in [4.78, 5) is 26.5. The van der Waals surface area contributed by atoms with Crippen LogP contribution in [0.4, 0.5) is 0 Å². The van der Waals surface area contributed by atoms with E-state index < -0.39 is 6.04 Å².